The summed E-state index contributed by atoms with van der Waals surface area (Å²) in [5.74, 6) is -0.0281. The van der Waals surface area contributed by atoms with E-state index in [1.165, 1.54) is 0 Å². The van der Waals surface area contributed by atoms with Gasteiger partial charge in [0.25, 0.3) is 0 Å². The summed E-state index contributed by atoms with van der Waals surface area (Å²) in [7, 11) is -3.26. The van der Waals surface area contributed by atoms with Gasteiger partial charge >= 0.3 is 0 Å². The Labute approximate surface area is 97.2 Å². The Bertz CT molecular complexity index is 321. The van der Waals surface area contributed by atoms with Crippen molar-refractivity contribution in [2.75, 3.05) is 25.4 Å². The number of carbonyl (C=O) groups is 1. The first kappa shape index (κ1) is 13.4. The minimum absolute atomic E-state index is 0.0836. The Balaban J connectivity index is 2.34. The maximum absolute atomic E-state index is 11.6. The zero-order chi connectivity index (χ0) is 12.0. The number of nitrogens with zero attached hydrogens (tertiary/aromatic N) is 1. The zero-order valence-corrected chi connectivity index (χ0v) is 10.6. The lowest BCUT2D eigenvalue weighted by Crippen LogP contribution is -2.42. The van der Waals surface area contributed by atoms with Gasteiger partial charge in [0.15, 0.2) is 0 Å². The van der Waals surface area contributed by atoms with Crippen LogP contribution in [-0.2, 0) is 14.8 Å². The minimum Gasteiger partial charge on any atom is -0.342 e. The van der Waals surface area contributed by atoms with Gasteiger partial charge in [-0.25, -0.2) is 13.1 Å². The van der Waals surface area contributed by atoms with Crippen molar-refractivity contribution >= 4 is 15.9 Å². The van der Waals surface area contributed by atoms with E-state index in [0.717, 1.165) is 32.4 Å². The van der Waals surface area contributed by atoms with Gasteiger partial charge < -0.3 is 4.90 Å². The zero-order valence-electron chi connectivity index (χ0n) is 9.74. The highest BCUT2D eigenvalue weighted by atomic mass is 32.2. The number of carbonyl (C=O) groups excluding carboxylic acids is 1. The molecule has 0 aliphatic carbocycles. The quantitative estimate of drug-likeness (QED) is 0.762. The van der Waals surface area contributed by atoms with E-state index in [1.807, 2.05) is 0 Å². The Hall–Kier alpha value is -0.620. The Morgan fingerprint density at radius 3 is 2.44 bits per heavy atom. The Kier molecular flexibility index (Phi) is 5.21. The fourth-order valence-corrected chi connectivity index (χ4v) is 2.79. The number of rotatable bonds is 5. The first-order valence-corrected chi connectivity index (χ1v) is 7.45. The molecule has 0 spiro atoms. The van der Waals surface area contributed by atoms with E-state index in [-0.39, 0.29) is 18.2 Å². The summed E-state index contributed by atoms with van der Waals surface area (Å²) in [4.78, 5) is 13.4. The molecular weight excluding hydrogens is 228 g/mol. The molecule has 0 aromatic rings. The third-order valence-corrected chi connectivity index (χ3v) is 4.15. The van der Waals surface area contributed by atoms with Crippen molar-refractivity contribution < 1.29 is 13.2 Å². The van der Waals surface area contributed by atoms with Crippen molar-refractivity contribution in [1.82, 2.24) is 9.62 Å². The minimum atomic E-state index is -3.26. The van der Waals surface area contributed by atoms with Gasteiger partial charge in [-0.15, -0.1) is 0 Å². The Morgan fingerprint density at radius 1 is 1.25 bits per heavy atom. The summed E-state index contributed by atoms with van der Waals surface area (Å²) in [5, 5.41) is 0. The van der Waals surface area contributed by atoms with E-state index in [2.05, 4.69) is 4.72 Å². The summed E-state index contributed by atoms with van der Waals surface area (Å²) in [5.41, 5.74) is 0. The maximum atomic E-state index is 11.6. The molecule has 0 aromatic carbocycles. The molecule has 0 unspecified atom stereocenters. The molecule has 1 amide bonds. The van der Waals surface area contributed by atoms with Crippen LogP contribution in [0.15, 0.2) is 0 Å². The lowest BCUT2D eigenvalue weighted by atomic mass is 10.1. The summed E-state index contributed by atoms with van der Waals surface area (Å²) in [6, 6.07) is 0. The van der Waals surface area contributed by atoms with Gasteiger partial charge in [-0.2, -0.15) is 0 Å². The highest BCUT2D eigenvalue weighted by Crippen LogP contribution is 2.08. The standard InChI is InChI=1S/C10H20N2O3S/c1-2-8-16(14,15)11-9-10(13)12-6-4-3-5-7-12/h11H,2-9H2,1H3. The molecule has 5 nitrogen and oxygen atoms in total. The van der Waals surface area contributed by atoms with Crippen LogP contribution in [-0.4, -0.2) is 44.6 Å². The van der Waals surface area contributed by atoms with Gasteiger partial charge in [0.05, 0.1) is 12.3 Å². The molecule has 0 atom stereocenters. The van der Waals surface area contributed by atoms with Gasteiger partial charge in [0.2, 0.25) is 15.9 Å². The average molecular weight is 248 g/mol. The smallest absolute Gasteiger partial charge is 0.237 e. The maximum Gasteiger partial charge on any atom is 0.237 e. The van der Waals surface area contributed by atoms with Gasteiger partial charge in [-0.3, -0.25) is 4.79 Å². The lowest BCUT2D eigenvalue weighted by molar-refractivity contribution is -0.130. The molecule has 1 rings (SSSR count). The topological polar surface area (TPSA) is 66.5 Å². The van der Waals surface area contributed by atoms with Gasteiger partial charge in [-0.05, 0) is 25.7 Å². The van der Waals surface area contributed by atoms with Crippen LogP contribution in [0.5, 0.6) is 0 Å². The van der Waals surface area contributed by atoms with E-state index >= 15 is 0 Å². The van der Waals surface area contributed by atoms with E-state index in [0.29, 0.717) is 6.42 Å². The van der Waals surface area contributed by atoms with Crippen LogP contribution in [0.3, 0.4) is 0 Å². The molecule has 1 fully saturated rings. The number of likely N-dealkylation sites (tertiary alicyclic amines) is 1. The molecular formula is C10H20N2O3S. The van der Waals surface area contributed by atoms with Crippen LogP contribution in [0, 0.1) is 0 Å². The predicted molar refractivity (Wildman–Crippen MR) is 62.5 cm³/mol. The lowest BCUT2D eigenvalue weighted by Gasteiger charge is -2.26. The molecule has 16 heavy (non-hydrogen) atoms. The van der Waals surface area contributed by atoms with Crippen LogP contribution >= 0.6 is 0 Å². The van der Waals surface area contributed by atoms with Crippen molar-refractivity contribution in [1.29, 1.82) is 0 Å². The summed E-state index contributed by atoms with van der Waals surface area (Å²) < 4.78 is 25.0. The number of hydrogen-bond donors (Lipinski definition) is 1. The molecule has 1 aliphatic rings. The van der Waals surface area contributed by atoms with Crippen LogP contribution < -0.4 is 4.72 Å². The highest BCUT2D eigenvalue weighted by molar-refractivity contribution is 7.89. The van der Waals surface area contributed by atoms with E-state index in [1.54, 1.807) is 11.8 Å². The van der Waals surface area contributed by atoms with Crippen molar-refractivity contribution in [2.24, 2.45) is 0 Å². The van der Waals surface area contributed by atoms with Crippen molar-refractivity contribution in [3.05, 3.63) is 0 Å². The van der Waals surface area contributed by atoms with E-state index in [4.69, 9.17) is 0 Å². The molecule has 6 heteroatoms. The van der Waals surface area contributed by atoms with Crippen molar-refractivity contribution in [2.45, 2.75) is 32.6 Å². The molecule has 94 valence electrons. The largest absolute Gasteiger partial charge is 0.342 e. The number of piperidine rings is 1. The second-order valence-corrected chi connectivity index (χ2v) is 6.01. The third-order valence-electron chi connectivity index (χ3n) is 2.62. The molecule has 1 heterocycles. The van der Waals surface area contributed by atoms with Gasteiger partial charge in [-0.1, -0.05) is 6.92 Å². The molecule has 1 N–H and O–H groups in total. The Morgan fingerprint density at radius 2 is 1.88 bits per heavy atom. The van der Waals surface area contributed by atoms with Crippen molar-refractivity contribution in [3.8, 4) is 0 Å². The number of sulfonamides is 1. The molecule has 1 aliphatic heterocycles. The normalized spacial score (nSPS) is 17.4. The number of amides is 1. The molecule has 0 bridgehead atoms. The monoisotopic (exact) mass is 248 g/mol. The molecule has 1 saturated heterocycles. The highest BCUT2D eigenvalue weighted by Gasteiger charge is 2.18. The number of nitrogens with one attached hydrogen (secondary N) is 1. The van der Waals surface area contributed by atoms with Gasteiger partial charge in [0.1, 0.15) is 0 Å². The predicted octanol–water partition coefficient (Wildman–Crippen LogP) is 0.328. The summed E-state index contributed by atoms with van der Waals surface area (Å²) in [6.45, 7) is 3.22. The van der Waals surface area contributed by atoms with E-state index in [9.17, 15) is 13.2 Å². The summed E-state index contributed by atoms with van der Waals surface area (Å²) >= 11 is 0. The van der Waals surface area contributed by atoms with Crippen molar-refractivity contribution in [3.63, 3.8) is 0 Å². The van der Waals surface area contributed by atoms with Gasteiger partial charge in [0, 0.05) is 13.1 Å². The fraction of sp³-hybridized carbons (Fsp3) is 0.900. The van der Waals surface area contributed by atoms with E-state index < -0.39 is 10.0 Å². The van der Waals surface area contributed by atoms with Crippen LogP contribution in [0.1, 0.15) is 32.6 Å². The van der Waals surface area contributed by atoms with Crippen LogP contribution in [0.25, 0.3) is 0 Å². The van der Waals surface area contributed by atoms with Crippen LogP contribution in [0.2, 0.25) is 0 Å². The van der Waals surface area contributed by atoms with Crippen LogP contribution in [0.4, 0.5) is 0 Å². The third kappa shape index (κ3) is 4.49. The SMILES string of the molecule is CCCS(=O)(=O)NCC(=O)N1CCCCC1. The first-order chi connectivity index (χ1) is 7.55. The summed E-state index contributed by atoms with van der Waals surface area (Å²) in [6.07, 6.45) is 3.76. The second-order valence-electron chi connectivity index (χ2n) is 4.08. The average Bonchev–Trinajstić information content (AvgIpc) is 2.27. The first-order valence-electron chi connectivity index (χ1n) is 5.80. The molecule has 0 saturated carbocycles. The second kappa shape index (κ2) is 6.20. The fourth-order valence-electron chi connectivity index (χ4n) is 1.77. The molecule has 0 aromatic heterocycles. The molecule has 0 radical (unpaired) electrons. The number of hydrogen-bond acceptors (Lipinski definition) is 3.